The Morgan fingerprint density at radius 3 is 2.48 bits per heavy atom. The van der Waals surface area contributed by atoms with Gasteiger partial charge in [-0.1, -0.05) is 55.3 Å². The van der Waals surface area contributed by atoms with Crippen molar-refractivity contribution in [2.45, 2.75) is 127 Å². The van der Waals surface area contributed by atoms with Gasteiger partial charge in [0, 0.05) is 93.6 Å². The number of β-amino-alcohol motifs (C(OH)–C–C–N with tert-alkyl or cyclic N) is 1. The Kier molecular flexibility index (Phi) is 16.1. The van der Waals surface area contributed by atoms with Gasteiger partial charge in [-0.15, -0.1) is 17.8 Å². The minimum absolute atomic E-state index is 0.00203. The molecule has 5 N–H and O–H groups in total. The number of thiazole rings is 1. The number of ether oxygens (including phenoxy) is 2. The van der Waals surface area contributed by atoms with E-state index in [1.54, 1.807) is 17.4 Å². The van der Waals surface area contributed by atoms with Gasteiger partial charge in [-0.2, -0.15) is 9.97 Å². The Hall–Kier alpha value is -7.43. The van der Waals surface area contributed by atoms with Crippen molar-refractivity contribution in [3.05, 3.63) is 101 Å². The largest absolute Gasteiger partial charge is 0.508 e. The molecule has 4 aromatic heterocycles. The van der Waals surface area contributed by atoms with E-state index < -0.39 is 36.1 Å². The van der Waals surface area contributed by atoms with Crippen molar-refractivity contribution in [2.24, 2.45) is 5.92 Å². The zero-order valence-corrected chi connectivity index (χ0v) is 50.0. The first kappa shape index (κ1) is 58.6. The lowest BCUT2D eigenvalue weighted by Crippen LogP contribution is -2.52. The molecular formula is C64H72F2N12O8S. The number of fused-ring (bicyclic) bond motifs is 5. The third-order valence-corrected chi connectivity index (χ3v) is 19.9. The molecule has 2 amide bonds. The highest BCUT2D eigenvalue weighted by Gasteiger charge is 2.50. The number of halogens is 2. The van der Waals surface area contributed by atoms with E-state index in [1.807, 2.05) is 67.3 Å². The maximum absolute atomic E-state index is 17.3. The molecule has 10 heterocycles. The molecule has 0 radical (unpaired) electrons. The van der Waals surface area contributed by atoms with Gasteiger partial charge in [-0.3, -0.25) is 24.4 Å². The Balaban J connectivity index is 0.637. The molecule has 6 aliphatic rings. The molecular weight excluding hydrogens is 1130 g/mol. The van der Waals surface area contributed by atoms with Crippen LogP contribution in [0.15, 0.2) is 70.8 Å². The summed E-state index contributed by atoms with van der Waals surface area (Å²) in [5, 5.41) is 45.3. The number of aromatic nitrogens is 5. The summed E-state index contributed by atoms with van der Waals surface area (Å²) in [4.78, 5) is 58.1. The molecule has 7 aromatic rings. The van der Waals surface area contributed by atoms with E-state index >= 15 is 8.78 Å². The molecule has 0 aliphatic carbocycles. The summed E-state index contributed by atoms with van der Waals surface area (Å²) in [6.07, 6.45) is 10.9. The highest BCUT2D eigenvalue weighted by atomic mass is 32.1. The van der Waals surface area contributed by atoms with Crippen LogP contribution in [0.1, 0.15) is 100 Å². The molecule has 0 saturated carbocycles. The number of aromatic hydroxyl groups is 1. The number of phenolic OH excluding ortho intramolecular Hbond substituents is 1. The molecule has 6 saturated heterocycles. The fraction of sp³-hybridized carbons (Fsp3) is 0.484. The standard InChI is InChI=1S/C64H72F2N12O8S/c1-6-46-49(65)15-12-40-24-44(79)25-47(54(40)46)56-55(66)57-48(28-67-56)59(76-29-41-13-14-42(30-76)70-41)72-62(71-57)85-33-64-17-7-19-78(64)43(16-18-64)32-84-63(83)75-22-20-74(21-23-75)52-27-51(86-73-52)53(35(2)3)61(82)77-31-45(80)26-50(77)60(81)69-36(4)38-8-10-39(11-9-38)58-37(5)68-34-87-58/h1,8-12,15,24-25,27-28,34-36,41-43,45,50,53,63,70,79-80,83H,7,13-14,16-23,26,29-33H2,2-5H3,(H,69,81)/t36-,41?,42?,43-,45+,50-,53+,63?,64-/m0/s1. The highest BCUT2D eigenvalue weighted by molar-refractivity contribution is 7.13. The number of rotatable bonds is 17. The monoisotopic (exact) mass is 1210 g/mol. The van der Waals surface area contributed by atoms with Crippen molar-refractivity contribution in [1.82, 2.24) is 50.4 Å². The topological polar surface area (TPSA) is 231 Å². The fourth-order valence-corrected chi connectivity index (χ4v) is 15.2. The SMILES string of the molecule is C#Cc1c(F)ccc2cc(O)cc(-c3ncc4c(N5CC6CCC(C5)N6)nc(OC[C@@]56CCCN5[C@H](COC(O)N5CCN(c7cc([C@H](C(=O)N8C[C@H](O)C[C@H]8C(=O)N[C@@H](C)c8ccc(-c9scnc9C)cc8)C(C)C)on7)CC5)CC6)nc4c3F)c12. The maximum atomic E-state index is 17.3. The second kappa shape index (κ2) is 23.9. The van der Waals surface area contributed by atoms with Crippen LogP contribution in [0.5, 0.6) is 11.8 Å². The average molecular weight is 1210 g/mol. The van der Waals surface area contributed by atoms with E-state index in [1.165, 1.54) is 35.4 Å². The quantitative estimate of drug-likeness (QED) is 0.0447. The number of nitrogens with zero attached hydrogens (tertiary/aromatic N) is 10. The molecule has 6 aliphatic heterocycles. The molecule has 13 rings (SSSR count). The average Bonchev–Trinajstić information content (AvgIpc) is 1.22. The predicted octanol–water partition coefficient (Wildman–Crippen LogP) is 7.24. The molecule has 23 heteroatoms. The molecule has 3 aromatic carbocycles. The number of piperazine rings is 2. The van der Waals surface area contributed by atoms with Crippen molar-refractivity contribution in [3.63, 3.8) is 0 Å². The summed E-state index contributed by atoms with van der Waals surface area (Å²) >= 11 is 1.58. The summed E-state index contributed by atoms with van der Waals surface area (Å²) < 4.78 is 51.3. The Labute approximate surface area is 506 Å². The number of aliphatic hydroxyl groups is 2. The maximum Gasteiger partial charge on any atom is 0.319 e. The first-order valence-corrected chi connectivity index (χ1v) is 31.1. The second-order valence-corrected chi connectivity index (χ2v) is 25.6. The van der Waals surface area contributed by atoms with Gasteiger partial charge in [0.1, 0.15) is 47.2 Å². The van der Waals surface area contributed by atoms with Crippen LogP contribution >= 0.6 is 11.3 Å². The summed E-state index contributed by atoms with van der Waals surface area (Å²) in [6.45, 7) is 12.3. The first-order valence-electron chi connectivity index (χ1n) is 30.3. The van der Waals surface area contributed by atoms with Crippen LogP contribution in [-0.4, -0.2) is 175 Å². The lowest BCUT2D eigenvalue weighted by molar-refractivity contribution is -0.201. The number of carbonyl (C=O) groups is 2. The van der Waals surface area contributed by atoms with Crippen molar-refractivity contribution < 1.29 is 47.7 Å². The minimum Gasteiger partial charge on any atom is -0.508 e. The number of phenols is 1. The van der Waals surface area contributed by atoms with Crippen LogP contribution < -0.4 is 25.2 Å². The first-order chi connectivity index (χ1) is 42.0. The number of anilines is 2. The Morgan fingerprint density at radius 1 is 0.966 bits per heavy atom. The van der Waals surface area contributed by atoms with E-state index in [0.29, 0.717) is 67.4 Å². The van der Waals surface area contributed by atoms with Crippen molar-refractivity contribution >= 4 is 56.5 Å². The van der Waals surface area contributed by atoms with E-state index in [9.17, 15) is 24.9 Å². The van der Waals surface area contributed by atoms with Crippen LogP contribution in [0.3, 0.4) is 0 Å². The Bertz CT molecular complexity index is 3770. The number of nitrogens with one attached hydrogen (secondary N) is 2. The molecule has 2 bridgehead atoms. The van der Waals surface area contributed by atoms with Gasteiger partial charge in [0.15, 0.2) is 17.4 Å². The van der Waals surface area contributed by atoms with Gasteiger partial charge in [0.2, 0.25) is 18.2 Å². The molecule has 0 spiro atoms. The van der Waals surface area contributed by atoms with Crippen LogP contribution in [0.2, 0.25) is 0 Å². The van der Waals surface area contributed by atoms with Crippen molar-refractivity contribution in [1.29, 1.82) is 0 Å². The van der Waals surface area contributed by atoms with Crippen molar-refractivity contribution in [3.8, 4) is 45.8 Å². The number of likely N-dealkylation sites (tertiary alicyclic amines) is 1. The van der Waals surface area contributed by atoms with Crippen LogP contribution in [-0.2, 0) is 14.3 Å². The molecule has 456 valence electrons. The van der Waals surface area contributed by atoms with E-state index in [0.717, 1.165) is 66.8 Å². The number of hydrogen-bond acceptors (Lipinski definition) is 19. The second-order valence-electron chi connectivity index (χ2n) is 24.7. The number of carbonyl (C=O) groups excluding carboxylic acids is 2. The zero-order chi connectivity index (χ0) is 60.4. The van der Waals surface area contributed by atoms with E-state index in [2.05, 4.69) is 41.5 Å². The summed E-state index contributed by atoms with van der Waals surface area (Å²) in [7, 11) is 0. The predicted molar refractivity (Wildman–Crippen MR) is 324 cm³/mol. The molecule has 87 heavy (non-hydrogen) atoms. The Morgan fingerprint density at radius 2 is 1.75 bits per heavy atom. The molecule has 9 atom stereocenters. The summed E-state index contributed by atoms with van der Waals surface area (Å²) in [6, 6.07) is 14.6. The van der Waals surface area contributed by atoms with Crippen LogP contribution in [0.4, 0.5) is 20.4 Å². The fourth-order valence-electron chi connectivity index (χ4n) is 14.4. The number of hydrogen-bond donors (Lipinski definition) is 5. The number of benzene rings is 3. The third kappa shape index (κ3) is 11.2. The highest BCUT2D eigenvalue weighted by Crippen LogP contribution is 2.45. The van der Waals surface area contributed by atoms with Gasteiger partial charge in [0.25, 0.3) is 0 Å². The van der Waals surface area contributed by atoms with Crippen LogP contribution in [0, 0.1) is 36.8 Å². The van der Waals surface area contributed by atoms with Gasteiger partial charge < -0.3 is 54.6 Å². The van der Waals surface area contributed by atoms with Crippen molar-refractivity contribution in [2.75, 3.05) is 75.4 Å². The lowest BCUT2D eigenvalue weighted by Gasteiger charge is -2.38. The number of aliphatic hydroxyl groups excluding tert-OH is 2. The van der Waals surface area contributed by atoms with Crippen LogP contribution in [0.25, 0.3) is 43.4 Å². The third-order valence-electron chi connectivity index (χ3n) is 18.9. The van der Waals surface area contributed by atoms with E-state index in [-0.39, 0.29) is 113 Å². The van der Waals surface area contributed by atoms with E-state index in [4.69, 9.17) is 30.4 Å². The minimum atomic E-state index is -1.16. The number of aryl methyl sites for hydroxylation is 1. The summed E-state index contributed by atoms with van der Waals surface area (Å²) in [5.41, 5.74) is 4.28. The molecule has 3 unspecified atom stereocenters. The number of pyridine rings is 1. The van der Waals surface area contributed by atoms with Gasteiger partial charge in [-0.05, 0) is 99.5 Å². The van der Waals surface area contributed by atoms with Gasteiger partial charge in [-0.25, -0.2) is 13.8 Å². The molecule has 20 nitrogen and oxygen atoms in total. The zero-order valence-electron chi connectivity index (χ0n) is 49.2. The molecule has 6 fully saturated rings. The number of terminal acetylenes is 1. The van der Waals surface area contributed by atoms with Gasteiger partial charge >= 0.3 is 6.01 Å². The normalized spacial score (nSPS) is 24.3. The smallest absolute Gasteiger partial charge is 0.319 e. The van der Waals surface area contributed by atoms with Gasteiger partial charge in [0.05, 0.1) is 51.3 Å². The number of amides is 2. The lowest BCUT2D eigenvalue weighted by atomic mass is 9.91. The summed E-state index contributed by atoms with van der Waals surface area (Å²) in [5.74, 6) is 0.630.